The molecule has 4 aromatic rings. The molecule has 7 heteroatoms. The van der Waals surface area contributed by atoms with Crippen molar-refractivity contribution in [3.05, 3.63) is 71.0 Å². The highest BCUT2D eigenvalue weighted by Crippen LogP contribution is 2.35. The molecule has 2 aromatic carbocycles. The summed E-state index contributed by atoms with van der Waals surface area (Å²) in [5, 5.41) is 7.17. The third-order valence-electron chi connectivity index (χ3n) is 3.99. The summed E-state index contributed by atoms with van der Waals surface area (Å²) < 4.78 is 13.5. The zero-order valence-corrected chi connectivity index (χ0v) is 16.1. The second-order valence-electron chi connectivity index (χ2n) is 6.06. The Balaban J connectivity index is 1.64. The molecular weight excluding hydrogens is 381 g/mol. The first-order valence-corrected chi connectivity index (χ1v) is 10.0. The molecular formula is C20H16FN3OS2. The molecule has 4 rings (SSSR count). The van der Waals surface area contributed by atoms with Crippen LogP contribution < -0.4 is 5.32 Å². The molecule has 0 radical (unpaired) electrons. The maximum atomic E-state index is 13.5. The monoisotopic (exact) mass is 397 g/mol. The summed E-state index contributed by atoms with van der Waals surface area (Å²) in [7, 11) is 0. The van der Waals surface area contributed by atoms with E-state index in [1.165, 1.54) is 35.2 Å². The van der Waals surface area contributed by atoms with Crippen molar-refractivity contribution in [2.24, 2.45) is 0 Å². The average Bonchev–Trinajstić information content (AvgIpc) is 3.19. The van der Waals surface area contributed by atoms with Gasteiger partial charge in [-0.05, 0) is 31.2 Å². The first-order valence-electron chi connectivity index (χ1n) is 8.33. The first kappa shape index (κ1) is 17.8. The van der Waals surface area contributed by atoms with Gasteiger partial charge >= 0.3 is 0 Å². The van der Waals surface area contributed by atoms with Crippen LogP contribution in [0.2, 0.25) is 0 Å². The second kappa shape index (κ2) is 7.54. The Morgan fingerprint density at radius 2 is 2.11 bits per heavy atom. The third-order valence-corrected chi connectivity index (χ3v) is 5.91. The van der Waals surface area contributed by atoms with Gasteiger partial charge in [0.05, 0.1) is 17.1 Å². The van der Waals surface area contributed by atoms with Crippen LogP contribution in [0.1, 0.15) is 11.3 Å². The number of nitrogens with one attached hydrogen (secondary N) is 2. The Kier molecular flexibility index (Phi) is 4.96. The maximum absolute atomic E-state index is 13.5. The molecule has 0 aliphatic carbocycles. The lowest BCUT2D eigenvalue weighted by molar-refractivity contribution is -0.115. The summed E-state index contributed by atoms with van der Waals surface area (Å²) in [6, 6.07) is 14.3. The molecule has 136 valence electrons. The highest BCUT2D eigenvalue weighted by atomic mass is 32.2. The standard InChI is InChI=1S/C20H16FN3OS2/c1-12-11-26-20(22-12)24-18(25)10-16-15-7-2-3-8-17(15)23-19(16)27-14-6-4-5-13(21)9-14/h2-9,11,23H,10H2,1H3,(H,22,24,25). The number of hydrogen-bond donors (Lipinski definition) is 2. The van der Waals surface area contributed by atoms with Gasteiger partial charge in [-0.3, -0.25) is 4.79 Å². The van der Waals surface area contributed by atoms with E-state index < -0.39 is 0 Å². The van der Waals surface area contributed by atoms with Crippen molar-refractivity contribution in [1.82, 2.24) is 9.97 Å². The molecule has 0 bridgehead atoms. The number of amides is 1. The lowest BCUT2D eigenvalue weighted by Gasteiger charge is -2.05. The van der Waals surface area contributed by atoms with E-state index in [9.17, 15) is 9.18 Å². The van der Waals surface area contributed by atoms with Crippen LogP contribution >= 0.6 is 23.1 Å². The van der Waals surface area contributed by atoms with E-state index in [0.717, 1.165) is 32.1 Å². The van der Waals surface area contributed by atoms with E-state index in [1.807, 2.05) is 42.6 Å². The highest BCUT2D eigenvalue weighted by Gasteiger charge is 2.17. The molecule has 27 heavy (non-hydrogen) atoms. The number of halogens is 1. The van der Waals surface area contributed by atoms with E-state index in [4.69, 9.17) is 0 Å². The van der Waals surface area contributed by atoms with E-state index in [-0.39, 0.29) is 18.1 Å². The number of fused-ring (bicyclic) bond motifs is 1. The van der Waals surface area contributed by atoms with Crippen molar-refractivity contribution in [1.29, 1.82) is 0 Å². The number of aryl methyl sites for hydroxylation is 1. The number of aromatic amines is 1. The highest BCUT2D eigenvalue weighted by molar-refractivity contribution is 7.99. The van der Waals surface area contributed by atoms with Crippen LogP contribution in [0, 0.1) is 12.7 Å². The number of anilines is 1. The van der Waals surface area contributed by atoms with Gasteiger partial charge in [0.1, 0.15) is 5.82 Å². The molecule has 2 aromatic heterocycles. The lowest BCUT2D eigenvalue weighted by Crippen LogP contribution is -2.14. The summed E-state index contributed by atoms with van der Waals surface area (Å²) in [4.78, 5) is 21.0. The molecule has 1 amide bonds. The van der Waals surface area contributed by atoms with Crippen molar-refractivity contribution >= 4 is 45.0 Å². The largest absolute Gasteiger partial charge is 0.349 e. The SMILES string of the molecule is Cc1csc(NC(=O)Cc2c(Sc3cccc(F)c3)[nH]c3ccccc23)n1. The van der Waals surface area contributed by atoms with Gasteiger partial charge in [0.15, 0.2) is 5.13 Å². The van der Waals surface area contributed by atoms with Gasteiger partial charge in [-0.2, -0.15) is 0 Å². The van der Waals surface area contributed by atoms with Crippen molar-refractivity contribution in [3.63, 3.8) is 0 Å². The Hall–Kier alpha value is -2.64. The summed E-state index contributed by atoms with van der Waals surface area (Å²) in [6.45, 7) is 1.89. The van der Waals surface area contributed by atoms with Crippen LogP contribution in [-0.4, -0.2) is 15.9 Å². The minimum atomic E-state index is -0.283. The Bertz CT molecular complexity index is 1120. The molecule has 2 N–H and O–H groups in total. The van der Waals surface area contributed by atoms with E-state index in [2.05, 4.69) is 15.3 Å². The van der Waals surface area contributed by atoms with E-state index in [0.29, 0.717) is 5.13 Å². The summed E-state index contributed by atoms with van der Waals surface area (Å²) in [5.41, 5.74) is 2.72. The van der Waals surface area contributed by atoms with Crippen LogP contribution in [0.3, 0.4) is 0 Å². The summed E-state index contributed by atoms with van der Waals surface area (Å²) in [5.74, 6) is -0.412. The van der Waals surface area contributed by atoms with Crippen LogP contribution in [0.4, 0.5) is 9.52 Å². The number of para-hydroxylation sites is 1. The first-order chi connectivity index (χ1) is 13.1. The predicted molar refractivity (Wildman–Crippen MR) is 108 cm³/mol. The van der Waals surface area contributed by atoms with Crippen molar-refractivity contribution < 1.29 is 9.18 Å². The van der Waals surface area contributed by atoms with Crippen LogP contribution in [0.15, 0.2) is 63.8 Å². The number of nitrogens with zero attached hydrogens (tertiary/aromatic N) is 1. The quantitative estimate of drug-likeness (QED) is 0.474. The normalized spacial score (nSPS) is 11.0. The van der Waals surface area contributed by atoms with E-state index >= 15 is 0 Å². The molecule has 0 unspecified atom stereocenters. The second-order valence-corrected chi connectivity index (χ2v) is 8.00. The van der Waals surface area contributed by atoms with Crippen LogP contribution in [0.25, 0.3) is 10.9 Å². The minimum absolute atomic E-state index is 0.129. The number of hydrogen-bond acceptors (Lipinski definition) is 4. The Labute approximate surface area is 163 Å². The predicted octanol–water partition coefficient (Wildman–Crippen LogP) is 5.40. The van der Waals surface area contributed by atoms with Crippen molar-refractivity contribution in [2.45, 2.75) is 23.3 Å². The number of rotatable bonds is 5. The number of H-pyrrole nitrogens is 1. The van der Waals surface area contributed by atoms with Gasteiger partial charge in [0, 0.05) is 26.7 Å². The third kappa shape index (κ3) is 4.04. The zero-order valence-electron chi connectivity index (χ0n) is 14.5. The fourth-order valence-corrected chi connectivity index (χ4v) is 4.55. The van der Waals surface area contributed by atoms with E-state index in [1.54, 1.807) is 6.07 Å². The number of carbonyl (C=O) groups is 1. The molecule has 0 aliphatic heterocycles. The number of carbonyl (C=O) groups excluding carboxylic acids is 1. The van der Waals surface area contributed by atoms with Crippen LogP contribution in [0.5, 0.6) is 0 Å². The van der Waals surface area contributed by atoms with Crippen molar-refractivity contribution in [3.8, 4) is 0 Å². The zero-order chi connectivity index (χ0) is 18.8. The molecule has 0 atom stereocenters. The molecule has 0 saturated heterocycles. The fraction of sp³-hybridized carbons (Fsp3) is 0.100. The van der Waals surface area contributed by atoms with Gasteiger partial charge < -0.3 is 10.3 Å². The molecule has 2 heterocycles. The average molecular weight is 398 g/mol. The number of aromatic nitrogens is 2. The molecule has 0 saturated carbocycles. The van der Waals surface area contributed by atoms with Gasteiger partial charge in [0.2, 0.25) is 5.91 Å². The molecule has 0 spiro atoms. The Morgan fingerprint density at radius 3 is 2.89 bits per heavy atom. The summed E-state index contributed by atoms with van der Waals surface area (Å²) >= 11 is 2.82. The molecule has 4 nitrogen and oxygen atoms in total. The smallest absolute Gasteiger partial charge is 0.230 e. The fourth-order valence-electron chi connectivity index (χ4n) is 2.82. The van der Waals surface area contributed by atoms with Gasteiger partial charge in [-0.15, -0.1) is 11.3 Å². The van der Waals surface area contributed by atoms with Crippen LogP contribution in [-0.2, 0) is 11.2 Å². The van der Waals surface area contributed by atoms with Gasteiger partial charge in [0.25, 0.3) is 0 Å². The lowest BCUT2D eigenvalue weighted by atomic mass is 10.1. The van der Waals surface area contributed by atoms with Crippen molar-refractivity contribution in [2.75, 3.05) is 5.32 Å². The Morgan fingerprint density at radius 1 is 1.26 bits per heavy atom. The minimum Gasteiger partial charge on any atom is -0.349 e. The topological polar surface area (TPSA) is 57.8 Å². The van der Waals surface area contributed by atoms with Gasteiger partial charge in [-0.25, -0.2) is 9.37 Å². The molecule has 0 fully saturated rings. The van der Waals surface area contributed by atoms with Gasteiger partial charge in [-0.1, -0.05) is 36.0 Å². The summed E-state index contributed by atoms with van der Waals surface area (Å²) in [6.07, 6.45) is 0.209. The molecule has 0 aliphatic rings. The maximum Gasteiger partial charge on any atom is 0.230 e. The number of thiazole rings is 1. The number of benzene rings is 2.